The van der Waals surface area contributed by atoms with Crippen LogP contribution in [-0.2, 0) is 15.8 Å². The van der Waals surface area contributed by atoms with E-state index >= 15 is 0 Å². The molecular formula is C25H24BrF3N2O3. The molecule has 0 aliphatic heterocycles. The van der Waals surface area contributed by atoms with Crippen LogP contribution in [0.5, 0.6) is 0 Å². The Bertz CT molecular complexity index is 1180. The Kier molecular flexibility index (Phi) is 5.91. The van der Waals surface area contributed by atoms with Crippen molar-refractivity contribution in [2.75, 3.05) is 5.32 Å². The van der Waals surface area contributed by atoms with Crippen LogP contribution < -0.4 is 5.32 Å². The maximum atomic E-state index is 13.5. The molecule has 0 radical (unpaired) electrons. The number of fused-ring (bicyclic) bond motifs is 2. The lowest BCUT2D eigenvalue weighted by molar-refractivity contribution is -0.137. The molecule has 180 valence electrons. The summed E-state index contributed by atoms with van der Waals surface area (Å²) in [4.78, 5) is 31.2. The number of carbonyl (C=O) groups excluding carboxylic acids is 2. The number of hydrogen-bond donors (Lipinski definition) is 1. The van der Waals surface area contributed by atoms with Crippen molar-refractivity contribution < 1.29 is 27.6 Å². The van der Waals surface area contributed by atoms with Crippen molar-refractivity contribution in [3.05, 3.63) is 64.1 Å². The van der Waals surface area contributed by atoms with Crippen LogP contribution in [0.2, 0.25) is 0 Å². The Morgan fingerprint density at radius 1 is 1.06 bits per heavy atom. The van der Waals surface area contributed by atoms with Crippen LogP contribution in [0.1, 0.15) is 56.0 Å². The summed E-state index contributed by atoms with van der Waals surface area (Å²) in [7, 11) is 0. The Labute approximate surface area is 203 Å². The molecule has 0 aromatic heterocycles. The quantitative estimate of drug-likeness (QED) is 0.343. The van der Waals surface area contributed by atoms with Gasteiger partial charge < -0.3 is 10.2 Å². The predicted octanol–water partition coefficient (Wildman–Crippen LogP) is 6.84. The summed E-state index contributed by atoms with van der Waals surface area (Å²) in [6.07, 6.45) is -3.04. The van der Waals surface area contributed by atoms with Gasteiger partial charge in [0.15, 0.2) is 0 Å². The molecule has 2 aliphatic carbocycles. The van der Waals surface area contributed by atoms with Crippen molar-refractivity contribution in [2.24, 2.45) is 21.4 Å². The molecule has 1 amide bonds. The number of hydrogen-bond acceptors (Lipinski definition) is 4. The summed E-state index contributed by atoms with van der Waals surface area (Å²) in [6.45, 7) is 5.92. The number of anilines is 1. The van der Waals surface area contributed by atoms with Gasteiger partial charge in [-0.15, -0.1) is 0 Å². The van der Waals surface area contributed by atoms with Crippen LogP contribution in [0.25, 0.3) is 0 Å². The second-order valence-electron chi connectivity index (χ2n) is 9.67. The number of benzene rings is 2. The normalized spacial score (nSPS) is 26.5. The average molecular weight is 537 g/mol. The molecule has 2 atom stereocenters. The molecule has 2 fully saturated rings. The molecule has 2 saturated carbocycles. The van der Waals surface area contributed by atoms with E-state index in [0.29, 0.717) is 24.1 Å². The zero-order valence-electron chi connectivity index (χ0n) is 18.9. The minimum Gasteiger partial charge on any atom is -0.326 e. The van der Waals surface area contributed by atoms with Gasteiger partial charge in [0.05, 0.1) is 22.3 Å². The van der Waals surface area contributed by atoms with Crippen molar-refractivity contribution in [1.82, 2.24) is 0 Å². The molecule has 1 N–H and O–H groups in total. The number of rotatable bonds is 4. The fraction of sp³-hybridized carbons (Fsp3) is 0.400. The smallest absolute Gasteiger partial charge is 0.326 e. The molecular weight excluding hydrogens is 513 g/mol. The van der Waals surface area contributed by atoms with Crippen LogP contribution >= 0.6 is 15.9 Å². The van der Waals surface area contributed by atoms with Crippen LogP contribution in [0.4, 0.5) is 18.9 Å². The highest BCUT2D eigenvalue weighted by Crippen LogP contribution is 2.71. The van der Waals surface area contributed by atoms with E-state index in [-0.39, 0.29) is 18.0 Å². The Balaban J connectivity index is 1.58. The maximum absolute atomic E-state index is 13.5. The topological polar surface area (TPSA) is 67.8 Å². The summed E-state index contributed by atoms with van der Waals surface area (Å²) in [5, 5.41) is 6.88. The third-order valence-corrected chi connectivity index (χ3v) is 8.46. The molecule has 0 heterocycles. The average Bonchev–Trinajstić information content (AvgIpc) is 3.08. The standard InChI is InChI=1S/C25H24BrF3N2O3/c1-22(2)23(3)11-12-24(22,21(33)30-18-6-4-5-16(13-18)25(27,28)29)14-19(23)31-34-20(32)15-7-9-17(26)10-8-15/h4-10,13H,11-12,14H2,1-3H3,(H,30,33). The number of nitrogens with one attached hydrogen (secondary N) is 1. The highest BCUT2D eigenvalue weighted by atomic mass is 79.9. The summed E-state index contributed by atoms with van der Waals surface area (Å²) in [6, 6.07) is 11.3. The summed E-state index contributed by atoms with van der Waals surface area (Å²) in [5.74, 6) is -0.961. The lowest BCUT2D eigenvalue weighted by Crippen LogP contribution is -2.43. The highest BCUT2D eigenvalue weighted by molar-refractivity contribution is 9.10. The SMILES string of the molecule is CC12CCC(C(=O)Nc3cccc(C(F)(F)F)c3)(CC1=NOC(=O)c1ccc(Br)cc1)C2(C)C. The first-order valence-electron chi connectivity index (χ1n) is 10.8. The van der Waals surface area contributed by atoms with E-state index in [1.165, 1.54) is 12.1 Å². The predicted molar refractivity (Wildman–Crippen MR) is 125 cm³/mol. The molecule has 2 bridgehead atoms. The number of alkyl halides is 3. The van der Waals surface area contributed by atoms with Gasteiger partial charge in [0.25, 0.3) is 0 Å². The van der Waals surface area contributed by atoms with Gasteiger partial charge in [-0.2, -0.15) is 13.2 Å². The molecule has 9 heteroatoms. The Morgan fingerprint density at radius 3 is 2.38 bits per heavy atom. The molecule has 2 aromatic rings. The minimum atomic E-state index is -4.50. The zero-order chi connectivity index (χ0) is 24.9. The Morgan fingerprint density at radius 2 is 1.74 bits per heavy atom. The molecule has 0 spiro atoms. The molecule has 2 aliphatic rings. The fourth-order valence-corrected chi connectivity index (χ4v) is 5.55. The summed E-state index contributed by atoms with van der Waals surface area (Å²) >= 11 is 3.31. The lowest BCUT2D eigenvalue weighted by Gasteiger charge is -2.39. The number of carbonyl (C=O) groups is 2. The highest BCUT2D eigenvalue weighted by Gasteiger charge is 2.71. The van der Waals surface area contributed by atoms with Gasteiger partial charge in [-0.3, -0.25) is 4.79 Å². The minimum absolute atomic E-state index is 0.0886. The van der Waals surface area contributed by atoms with Gasteiger partial charge in [-0.1, -0.05) is 47.9 Å². The van der Waals surface area contributed by atoms with E-state index in [0.717, 1.165) is 16.6 Å². The summed E-state index contributed by atoms with van der Waals surface area (Å²) in [5.41, 5.74) is -1.74. The molecule has 0 saturated heterocycles. The van der Waals surface area contributed by atoms with E-state index in [9.17, 15) is 22.8 Å². The number of halogens is 4. The van der Waals surface area contributed by atoms with E-state index < -0.39 is 34.0 Å². The fourth-order valence-electron chi connectivity index (χ4n) is 5.28. The maximum Gasteiger partial charge on any atom is 0.416 e. The van der Waals surface area contributed by atoms with Crippen molar-refractivity contribution in [3.8, 4) is 0 Å². The largest absolute Gasteiger partial charge is 0.416 e. The van der Waals surface area contributed by atoms with Crippen molar-refractivity contribution in [1.29, 1.82) is 0 Å². The van der Waals surface area contributed by atoms with Gasteiger partial charge in [0.2, 0.25) is 5.91 Å². The van der Waals surface area contributed by atoms with Gasteiger partial charge in [-0.25, -0.2) is 4.79 Å². The second kappa shape index (κ2) is 8.22. The first kappa shape index (κ1) is 24.4. The van der Waals surface area contributed by atoms with Gasteiger partial charge >= 0.3 is 12.1 Å². The first-order valence-corrected chi connectivity index (χ1v) is 11.6. The molecule has 4 rings (SSSR count). The second-order valence-corrected chi connectivity index (χ2v) is 10.6. The van der Waals surface area contributed by atoms with Crippen LogP contribution in [0.15, 0.2) is 58.2 Å². The van der Waals surface area contributed by atoms with E-state index in [1.807, 2.05) is 20.8 Å². The van der Waals surface area contributed by atoms with E-state index in [1.54, 1.807) is 24.3 Å². The summed E-state index contributed by atoms with van der Waals surface area (Å²) < 4.78 is 40.1. The van der Waals surface area contributed by atoms with Crippen molar-refractivity contribution in [2.45, 2.75) is 46.2 Å². The number of nitrogens with zero attached hydrogens (tertiary/aromatic N) is 1. The lowest BCUT2D eigenvalue weighted by atomic mass is 9.64. The number of amides is 1. The molecule has 5 nitrogen and oxygen atoms in total. The van der Waals surface area contributed by atoms with Crippen LogP contribution in [-0.4, -0.2) is 17.6 Å². The first-order chi connectivity index (χ1) is 15.8. The van der Waals surface area contributed by atoms with Crippen LogP contribution in [0.3, 0.4) is 0 Å². The van der Waals surface area contributed by atoms with Crippen molar-refractivity contribution in [3.63, 3.8) is 0 Å². The third-order valence-electron chi connectivity index (χ3n) is 7.93. The van der Waals surface area contributed by atoms with E-state index in [4.69, 9.17) is 4.84 Å². The molecule has 34 heavy (non-hydrogen) atoms. The van der Waals surface area contributed by atoms with E-state index in [2.05, 4.69) is 26.4 Å². The molecule has 2 unspecified atom stereocenters. The van der Waals surface area contributed by atoms with Gasteiger partial charge in [0, 0.05) is 22.0 Å². The Hall–Kier alpha value is -2.68. The van der Waals surface area contributed by atoms with Crippen LogP contribution in [0, 0.1) is 16.2 Å². The number of oxime groups is 1. The zero-order valence-corrected chi connectivity index (χ0v) is 20.5. The molecule has 2 aromatic carbocycles. The third kappa shape index (κ3) is 3.83. The monoisotopic (exact) mass is 536 g/mol. The van der Waals surface area contributed by atoms with Gasteiger partial charge in [0.1, 0.15) is 0 Å². The van der Waals surface area contributed by atoms with Crippen molar-refractivity contribution >= 4 is 39.2 Å². The van der Waals surface area contributed by atoms with Gasteiger partial charge in [-0.05, 0) is 60.7 Å².